The van der Waals surface area contributed by atoms with Gasteiger partial charge in [0.15, 0.2) is 0 Å². The third kappa shape index (κ3) is 4.08. The van der Waals surface area contributed by atoms with Gasteiger partial charge in [0.2, 0.25) is 0 Å². The van der Waals surface area contributed by atoms with Crippen LogP contribution in [-0.4, -0.2) is 67.1 Å². The lowest BCUT2D eigenvalue weighted by molar-refractivity contribution is -0.141. The molecule has 114 valence electrons. The molecule has 3 unspecified atom stereocenters. The van der Waals surface area contributed by atoms with E-state index in [0.29, 0.717) is 32.2 Å². The van der Waals surface area contributed by atoms with Crippen molar-refractivity contribution in [2.45, 2.75) is 31.9 Å². The van der Waals surface area contributed by atoms with E-state index in [1.807, 2.05) is 6.92 Å². The summed E-state index contributed by atoms with van der Waals surface area (Å²) in [4.78, 5) is 24.5. The number of nitrogens with zero attached hydrogens (tertiary/aromatic N) is 1. The third-order valence-electron chi connectivity index (χ3n) is 3.85. The standard InChI is InChI=1S/C13H22N2O5/c1-9(10-2-4-19-8-10)14-13(18)15-3-5-20-11(7-15)6-12(16)17/h9-11H,2-8H2,1H3,(H,14,18)(H,16,17). The van der Waals surface area contributed by atoms with Gasteiger partial charge in [0.05, 0.1) is 25.7 Å². The summed E-state index contributed by atoms with van der Waals surface area (Å²) in [6.45, 7) is 4.62. The van der Waals surface area contributed by atoms with Crippen LogP contribution >= 0.6 is 0 Å². The van der Waals surface area contributed by atoms with E-state index >= 15 is 0 Å². The van der Waals surface area contributed by atoms with Crippen molar-refractivity contribution in [3.63, 3.8) is 0 Å². The van der Waals surface area contributed by atoms with Crippen molar-refractivity contribution in [1.29, 1.82) is 0 Å². The first-order valence-corrected chi connectivity index (χ1v) is 7.03. The summed E-state index contributed by atoms with van der Waals surface area (Å²) >= 11 is 0. The number of hydrogen-bond acceptors (Lipinski definition) is 4. The zero-order valence-electron chi connectivity index (χ0n) is 11.7. The van der Waals surface area contributed by atoms with Crippen LogP contribution < -0.4 is 5.32 Å². The van der Waals surface area contributed by atoms with Crippen LogP contribution in [0.5, 0.6) is 0 Å². The van der Waals surface area contributed by atoms with Crippen LogP contribution in [0.25, 0.3) is 0 Å². The first-order chi connectivity index (χ1) is 9.56. The number of carboxylic acid groups (broad SMARTS) is 1. The number of hydrogen-bond donors (Lipinski definition) is 2. The van der Waals surface area contributed by atoms with Crippen molar-refractivity contribution >= 4 is 12.0 Å². The predicted molar refractivity (Wildman–Crippen MR) is 70.5 cm³/mol. The summed E-state index contributed by atoms with van der Waals surface area (Å²) in [5.41, 5.74) is 0. The SMILES string of the molecule is CC(NC(=O)N1CCOC(CC(=O)O)C1)C1CCOC1. The summed E-state index contributed by atoms with van der Waals surface area (Å²) in [6, 6.07) is -0.0890. The minimum atomic E-state index is -0.909. The smallest absolute Gasteiger partial charge is 0.317 e. The summed E-state index contributed by atoms with van der Waals surface area (Å²) in [6.07, 6.45) is 0.472. The number of carboxylic acids is 1. The average molecular weight is 286 g/mol. The molecule has 2 fully saturated rings. The number of ether oxygens (including phenoxy) is 2. The number of morpholine rings is 1. The highest BCUT2D eigenvalue weighted by atomic mass is 16.5. The Morgan fingerprint density at radius 3 is 2.90 bits per heavy atom. The van der Waals surface area contributed by atoms with Crippen LogP contribution in [0.3, 0.4) is 0 Å². The molecule has 20 heavy (non-hydrogen) atoms. The van der Waals surface area contributed by atoms with E-state index in [-0.39, 0.29) is 18.5 Å². The lowest BCUT2D eigenvalue weighted by atomic mass is 10.0. The molecule has 0 aromatic heterocycles. The summed E-state index contributed by atoms with van der Waals surface area (Å²) in [5, 5.41) is 11.7. The predicted octanol–water partition coefficient (Wildman–Crippen LogP) is 0.296. The maximum absolute atomic E-state index is 12.2. The first-order valence-electron chi connectivity index (χ1n) is 7.03. The number of nitrogens with one attached hydrogen (secondary N) is 1. The molecule has 0 bridgehead atoms. The van der Waals surface area contributed by atoms with Gasteiger partial charge < -0.3 is 24.8 Å². The number of carbonyl (C=O) groups is 2. The topological polar surface area (TPSA) is 88.1 Å². The molecular weight excluding hydrogens is 264 g/mol. The van der Waals surface area contributed by atoms with Gasteiger partial charge in [-0.15, -0.1) is 0 Å². The van der Waals surface area contributed by atoms with Crippen LogP contribution in [0.15, 0.2) is 0 Å². The highest BCUT2D eigenvalue weighted by molar-refractivity contribution is 5.75. The van der Waals surface area contributed by atoms with Crippen LogP contribution in [0.4, 0.5) is 4.79 Å². The Bertz CT molecular complexity index is 357. The number of amides is 2. The van der Waals surface area contributed by atoms with E-state index in [1.54, 1.807) is 4.90 Å². The van der Waals surface area contributed by atoms with Gasteiger partial charge in [0.25, 0.3) is 0 Å². The fourth-order valence-corrected chi connectivity index (χ4v) is 2.57. The van der Waals surface area contributed by atoms with E-state index in [9.17, 15) is 9.59 Å². The molecule has 2 aliphatic rings. The Hall–Kier alpha value is -1.34. The van der Waals surface area contributed by atoms with Crippen molar-refractivity contribution in [2.24, 2.45) is 5.92 Å². The molecule has 0 radical (unpaired) electrons. The summed E-state index contributed by atoms with van der Waals surface area (Å²) < 4.78 is 10.7. The highest BCUT2D eigenvalue weighted by Crippen LogP contribution is 2.17. The molecule has 0 aromatic rings. The minimum Gasteiger partial charge on any atom is -0.481 e. The molecule has 0 aliphatic carbocycles. The van der Waals surface area contributed by atoms with E-state index in [0.717, 1.165) is 13.0 Å². The van der Waals surface area contributed by atoms with Gasteiger partial charge in [-0.05, 0) is 13.3 Å². The molecule has 0 aromatic carbocycles. The quantitative estimate of drug-likeness (QED) is 0.776. The van der Waals surface area contributed by atoms with Crippen molar-refractivity contribution in [3.8, 4) is 0 Å². The average Bonchev–Trinajstić information content (AvgIpc) is 2.92. The Morgan fingerprint density at radius 2 is 2.25 bits per heavy atom. The van der Waals surface area contributed by atoms with Crippen LogP contribution in [-0.2, 0) is 14.3 Å². The van der Waals surface area contributed by atoms with Crippen molar-refractivity contribution in [3.05, 3.63) is 0 Å². The Kier molecular flexibility index (Phi) is 5.19. The Balaban J connectivity index is 1.80. The van der Waals surface area contributed by atoms with Gasteiger partial charge in [-0.2, -0.15) is 0 Å². The molecule has 2 saturated heterocycles. The van der Waals surface area contributed by atoms with Crippen LogP contribution in [0.2, 0.25) is 0 Å². The number of aliphatic carboxylic acids is 1. The van der Waals surface area contributed by atoms with Crippen molar-refractivity contribution in [1.82, 2.24) is 10.2 Å². The van der Waals surface area contributed by atoms with Crippen molar-refractivity contribution in [2.75, 3.05) is 32.9 Å². The largest absolute Gasteiger partial charge is 0.481 e. The second-order valence-corrected chi connectivity index (χ2v) is 5.40. The molecular formula is C13H22N2O5. The lowest BCUT2D eigenvalue weighted by Gasteiger charge is -2.33. The molecule has 0 spiro atoms. The molecule has 2 amide bonds. The maximum atomic E-state index is 12.2. The van der Waals surface area contributed by atoms with Gasteiger partial charge in [0, 0.05) is 31.7 Å². The van der Waals surface area contributed by atoms with Gasteiger partial charge >= 0.3 is 12.0 Å². The minimum absolute atomic E-state index is 0.0609. The van der Waals surface area contributed by atoms with Gasteiger partial charge in [-0.25, -0.2) is 4.79 Å². The van der Waals surface area contributed by atoms with E-state index in [2.05, 4.69) is 5.32 Å². The van der Waals surface area contributed by atoms with E-state index < -0.39 is 12.1 Å². The summed E-state index contributed by atoms with van der Waals surface area (Å²) in [5.74, 6) is -0.552. The maximum Gasteiger partial charge on any atom is 0.317 e. The molecule has 7 heteroatoms. The first kappa shape index (κ1) is 15.1. The molecule has 2 aliphatic heterocycles. The monoisotopic (exact) mass is 286 g/mol. The zero-order chi connectivity index (χ0) is 14.5. The number of carbonyl (C=O) groups excluding carboxylic acids is 1. The molecule has 0 saturated carbocycles. The highest BCUT2D eigenvalue weighted by Gasteiger charge is 2.29. The van der Waals surface area contributed by atoms with E-state index in [4.69, 9.17) is 14.6 Å². The number of rotatable bonds is 4. The zero-order valence-corrected chi connectivity index (χ0v) is 11.7. The molecule has 3 atom stereocenters. The fourth-order valence-electron chi connectivity index (χ4n) is 2.57. The second-order valence-electron chi connectivity index (χ2n) is 5.40. The van der Waals surface area contributed by atoms with Gasteiger partial charge in [-0.3, -0.25) is 4.79 Å². The normalized spacial score (nSPS) is 28.1. The summed E-state index contributed by atoms with van der Waals surface area (Å²) in [7, 11) is 0. The molecule has 2 rings (SSSR count). The van der Waals surface area contributed by atoms with Gasteiger partial charge in [-0.1, -0.05) is 0 Å². The fraction of sp³-hybridized carbons (Fsp3) is 0.846. The molecule has 2 heterocycles. The Morgan fingerprint density at radius 1 is 1.45 bits per heavy atom. The van der Waals surface area contributed by atoms with Gasteiger partial charge in [0.1, 0.15) is 0 Å². The van der Waals surface area contributed by atoms with E-state index in [1.165, 1.54) is 0 Å². The Labute approximate surface area is 118 Å². The third-order valence-corrected chi connectivity index (χ3v) is 3.85. The second kappa shape index (κ2) is 6.90. The molecule has 2 N–H and O–H groups in total. The molecule has 7 nitrogen and oxygen atoms in total. The van der Waals surface area contributed by atoms with Crippen LogP contribution in [0.1, 0.15) is 19.8 Å². The number of urea groups is 1. The van der Waals surface area contributed by atoms with Crippen molar-refractivity contribution < 1.29 is 24.2 Å². The van der Waals surface area contributed by atoms with Crippen LogP contribution in [0, 0.1) is 5.92 Å². The lowest BCUT2D eigenvalue weighted by Crippen LogP contribution is -2.52.